The number of ether oxygens (including phenoxy) is 2. The van der Waals surface area contributed by atoms with E-state index in [0.717, 1.165) is 35.9 Å². The predicted molar refractivity (Wildman–Crippen MR) is 109 cm³/mol. The fourth-order valence-corrected chi connectivity index (χ4v) is 3.67. The molecule has 9 nitrogen and oxygen atoms in total. The molecule has 3 aromatic rings. The summed E-state index contributed by atoms with van der Waals surface area (Å²) >= 11 is 0. The Balaban J connectivity index is 1.17. The molecule has 2 aliphatic heterocycles. The first kappa shape index (κ1) is 18.4. The summed E-state index contributed by atoms with van der Waals surface area (Å²) in [5.41, 5.74) is 1.87. The second-order valence-electron chi connectivity index (χ2n) is 7.38. The number of nitrogens with zero attached hydrogens (tertiary/aromatic N) is 6. The van der Waals surface area contributed by atoms with E-state index in [4.69, 9.17) is 9.47 Å². The van der Waals surface area contributed by atoms with E-state index >= 15 is 0 Å². The van der Waals surface area contributed by atoms with Gasteiger partial charge in [-0.3, -0.25) is 4.79 Å². The van der Waals surface area contributed by atoms with Gasteiger partial charge in [0.05, 0.1) is 12.1 Å². The highest BCUT2D eigenvalue weighted by atomic mass is 16.7. The zero-order valence-electron chi connectivity index (χ0n) is 16.7. The molecule has 0 unspecified atom stereocenters. The van der Waals surface area contributed by atoms with E-state index in [9.17, 15) is 4.79 Å². The van der Waals surface area contributed by atoms with Gasteiger partial charge < -0.3 is 19.3 Å². The van der Waals surface area contributed by atoms with Gasteiger partial charge in [0.25, 0.3) is 0 Å². The third-order valence-electron chi connectivity index (χ3n) is 5.34. The van der Waals surface area contributed by atoms with Crippen LogP contribution in [-0.4, -0.2) is 63.8 Å². The monoisotopic (exact) mass is 406 g/mol. The number of piperazine rings is 1. The van der Waals surface area contributed by atoms with Crippen molar-refractivity contribution >= 4 is 11.7 Å². The molecule has 154 valence electrons. The molecule has 0 atom stereocenters. The lowest BCUT2D eigenvalue weighted by atomic mass is 10.1. The Labute approximate surface area is 173 Å². The van der Waals surface area contributed by atoms with Crippen molar-refractivity contribution in [3.8, 4) is 17.3 Å². The molecule has 1 saturated heterocycles. The van der Waals surface area contributed by atoms with Crippen LogP contribution < -0.4 is 14.4 Å². The molecule has 0 aliphatic carbocycles. The van der Waals surface area contributed by atoms with Crippen molar-refractivity contribution in [2.75, 3.05) is 37.9 Å². The van der Waals surface area contributed by atoms with Crippen LogP contribution in [0.5, 0.6) is 11.5 Å². The van der Waals surface area contributed by atoms with Crippen molar-refractivity contribution < 1.29 is 14.3 Å². The number of aromatic nitrogens is 4. The molecule has 0 saturated carbocycles. The summed E-state index contributed by atoms with van der Waals surface area (Å²) in [6, 6.07) is 11.4. The minimum Gasteiger partial charge on any atom is -0.454 e. The number of anilines is 1. The first-order valence-corrected chi connectivity index (χ1v) is 9.93. The predicted octanol–water partition coefficient (Wildman–Crippen LogP) is 1.59. The van der Waals surface area contributed by atoms with Crippen LogP contribution in [-0.2, 0) is 11.2 Å². The van der Waals surface area contributed by atoms with E-state index < -0.39 is 0 Å². The largest absolute Gasteiger partial charge is 0.454 e. The average Bonchev–Trinajstić information content (AvgIpc) is 3.42. The summed E-state index contributed by atoms with van der Waals surface area (Å²) in [6.45, 7) is 4.94. The van der Waals surface area contributed by atoms with Gasteiger partial charge in [0.15, 0.2) is 23.1 Å². The minimum absolute atomic E-state index is 0.115. The van der Waals surface area contributed by atoms with Crippen molar-refractivity contribution in [2.24, 2.45) is 0 Å². The van der Waals surface area contributed by atoms with Crippen molar-refractivity contribution in [3.05, 3.63) is 53.9 Å². The van der Waals surface area contributed by atoms with Crippen LogP contribution >= 0.6 is 0 Å². The van der Waals surface area contributed by atoms with Crippen LogP contribution in [0.1, 0.15) is 11.3 Å². The SMILES string of the molecule is Cc1ccn(-c2ccc(N3CCN(C(=O)Cc4ccc5c(c4)OCO5)CC3)nn2)n1. The Morgan fingerprint density at radius 1 is 0.967 bits per heavy atom. The summed E-state index contributed by atoms with van der Waals surface area (Å²) in [5, 5.41) is 13.0. The Morgan fingerprint density at radius 3 is 2.47 bits per heavy atom. The number of carbonyl (C=O) groups is 1. The van der Waals surface area contributed by atoms with Gasteiger partial charge >= 0.3 is 0 Å². The highest BCUT2D eigenvalue weighted by Gasteiger charge is 2.23. The minimum atomic E-state index is 0.115. The van der Waals surface area contributed by atoms with Gasteiger partial charge in [0.1, 0.15) is 0 Å². The third-order valence-corrected chi connectivity index (χ3v) is 5.34. The van der Waals surface area contributed by atoms with E-state index in [-0.39, 0.29) is 12.7 Å². The van der Waals surface area contributed by atoms with Gasteiger partial charge in [0.2, 0.25) is 12.7 Å². The van der Waals surface area contributed by atoms with Crippen LogP contribution in [0.3, 0.4) is 0 Å². The van der Waals surface area contributed by atoms with E-state index in [1.807, 2.05) is 54.4 Å². The zero-order chi connectivity index (χ0) is 20.5. The molecule has 0 N–H and O–H groups in total. The number of amides is 1. The topological polar surface area (TPSA) is 85.6 Å². The molecular formula is C21H22N6O3. The Bertz CT molecular complexity index is 1060. The van der Waals surface area contributed by atoms with Gasteiger partial charge in [0, 0.05) is 32.4 Å². The Hall–Kier alpha value is -3.62. The molecule has 4 heterocycles. The Morgan fingerprint density at radius 2 is 1.73 bits per heavy atom. The van der Waals surface area contributed by atoms with E-state index in [2.05, 4.69) is 20.2 Å². The van der Waals surface area contributed by atoms with Gasteiger partial charge in [-0.2, -0.15) is 5.10 Å². The molecule has 1 aromatic carbocycles. The van der Waals surface area contributed by atoms with Gasteiger partial charge in [-0.15, -0.1) is 10.2 Å². The molecule has 9 heteroatoms. The normalized spacial score (nSPS) is 15.5. The van der Waals surface area contributed by atoms with E-state index in [1.165, 1.54) is 0 Å². The van der Waals surface area contributed by atoms with Crippen molar-refractivity contribution in [2.45, 2.75) is 13.3 Å². The molecule has 30 heavy (non-hydrogen) atoms. The average molecular weight is 406 g/mol. The smallest absolute Gasteiger partial charge is 0.231 e. The zero-order valence-corrected chi connectivity index (χ0v) is 16.7. The molecule has 1 amide bonds. The standard InChI is InChI=1S/C21H22N6O3/c1-15-6-7-27(24-15)20-5-4-19(22-23-20)25-8-10-26(11-9-25)21(28)13-16-2-3-17-18(12-16)30-14-29-17/h2-7,12H,8-11,13-14H2,1H3. The molecule has 0 spiro atoms. The molecule has 0 bridgehead atoms. The number of aryl methyl sites for hydroxylation is 1. The first-order valence-electron chi connectivity index (χ1n) is 9.93. The van der Waals surface area contributed by atoms with Gasteiger partial charge in [-0.05, 0) is 42.8 Å². The fraction of sp³-hybridized carbons (Fsp3) is 0.333. The number of benzene rings is 1. The maximum atomic E-state index is 12.7. The molecular weight excluding hydrogens is 384 g/mol. The fourth-order valence-electron chi connectivity index (χ4n) is 3.67. The number of fused-ring (bicyclic) bond motifs is 1. The second kappa shape index (κ2) is 7.66. The maximum Gasteiger partial charge on any atom is 0.231 e. The maximum absolute atomic E-state index is 12.7. The Kier molecular flexibility index (Phi) is 4.70. The molecule has 5 rings (SSSR count). The molecule has 2 aromatic heterocycles. The number of hydrogen-bond acceptors (Lipinski definition) is 7. The highest BCUT2D eigenvalue weighted by Crippen LogP contribution is 2.32. The van der Waals surface area contributed by atoms with Crippen LogP contribution in [0.15, 0.2) is 42.6 Å². The molecule has 0 radical (unpaired) electrons. The quantitative estimate of drug-likeness (QED) is 0.650. The van der Waals surface area contributed by atoms with Crippen LogP contribution in [0, 0.1) is 6.92 Å². The lowest BCUT2D eigenvalue weighted by Crippen LogP contribution is -2.49. The molecule has 1 fully saturated rings. The van der Waals surface area contributed by atoms with E-state index in [1.54, 1.807) is 4.68 Å². The highest BCUT2D eigenvalue weighted by molar-refractivity contribution is 5.79. The summed E-state index contributed by atoms with van der Waals surface area (Å²) in [6.07, 6.45) is 2.22. The van der Waals surface area contributed by atoms with Crippen LogP contribution in [0.4, 0.5) is 5.82 Å². The second-order valence-corrected chi connectivity index (χ2v) is 7.38. The lowest BCUT2D eigenvalue weighted by Gasteiger charge is -2.35. The van der Waals surface area contributed by atoms with Crippen LogP contribution in [0.25, 0.3) is 5.82 Å². The summed E-state index contributed by atoms with van der Waals surface area (Å²) in [5.74, 6) is 3.05. The summed E-state index contributed by atoms with van der Waals surface area (Å²) in [7, 11) is 0. The van der Waals surface area contributed by atoms with Crippen molar-refractivity contribution in [1.82, 2.24) is 24.9 Å². The first-order chi connectivity index (χ1) is 14.7. The summed E-state index contributed by atoms with van der Waals surface area (Å²) < 4.78 is 12.4. The van der Waals surface area contributed by atoms with E-state index in [0.29, 0.717) is 31.1 Å². The number of hydrogen-bond donors (Lipinski definition) is 0. The summed E-state index contributed by atoms with van der Waals surface area (Å²) in [4.78, 5) is 16.8. The van der Waals surface area contributed by atoms with Crippen molar-refractivity contribution in [1.29, 1.82) is 0 Å². The van der Waals surface area contributed by atoms with Crippen molar-refractivity contribution in [3.63, 3.8) is 0 Å². The van der Waals surface area contributed by atoms with Gasteiger partial charge in [-0.1, -0.05) is 6.07 Å². The molecule has 2 aliphatic rings. The lowest BCUT2D eigenvalue weighted by molar-refractivity contribution is -0.130. The van der Waals surface area contributed by atoms with Crippen LogP contribution in [0.2, 0.25) is 0 Å². The third kappa shape index (κ3) is 3.66. The van der Waals surface area contributed by atoms with Gasteiger partial charge in [-0.25, -0.2) is 4.68 Å². The number of rotatable bonds is 4. The number of carbonyl (C=O) groups excluding carboxylic acids is 1.